The van der Waals surface area contributed by atoms with Crippen molar-refractivity contribution in [3.8, 4) is 0 Å². The van der Waals surface area contributed by atoms with E-state index in [2.05, 4.69) is 10.6 Å². The van der Waals surface area contributed by atoms with E-state index < -0.39 is 0 Å². The van der Waals surface area contributed by atoms with Crippen LogP contribution in [0, 0.1) is 0 Å². The van der Waals surface area contributed by atoms with E-state index in [9.17, 15) is 9.59 Å². The zero-order chi connectivity index (χ0) is 13.8. The molecule has 0 aromatic carbocycles. The van der Waals surface area contributed by atoms with Gasteiger partial charge in [-0.05, 0) is 13.8 Å². The smallest absolute Gasteiger partial charge is 0.233 e. The number of rotatable bonds is 10. The highest BCUT2D eigenvalue weighted by molar-refractivity contribution is 5.80. The minimum absolute atomic E-state index is 0.0765. The number of nitrogens with one attached hydrogen (secondary N) is 2. The lowest BCUT2D eigenvalue weighted by Crippen LogP contribution is -2.38. The maximum atomic E-state index is 11.6. The Morgan fingerprint density at radius 1 is 1.17 bits per heavy atom. The summed E-state index contributed by atoms with van der Waals surface area (Å²) >= 11 is 0. The third-order valence-corrected chi connectivity index (χ3v) is 2.55. The first-order chi connectivity index (χ1) is 8.65. The van der Waals surface area contributed by atoms with E-state index in [0.29, 0.717) is 39.2 Å². The molecule has 0 unspecified atom stereocenters. The van der Waals surface area contributed by atoms with Crippen LogP contribution in [-0.4, -0.2) is 63.2 Å². The SMILES string of the molecule is CCN(CC)C(=O)CCNC(=O)CNCCOC. The second-order valence-electron chi connectivity index (χ2n) is 3.84. The molecule has 0 aliphatic carbocycles. The maximum absolute atomic E-state index is 11.6. The second-order valence-corrected chi connectivity index (χ2v) is 3.84. The zero-order valence-electron chi connectivity index (χ0n) is 11.6. The average molecular weight is 259 g/mol. The van der Waals surface area contributed by atoms with Crippen LogP contribution >= 0.6 is 0 Å². The molecular weight excluding hydrogens is 234 g/mol. The van der Waals surface area contributed by atoms with Gasteiger partial charge in [0.1, 0.15) is 0 Å². The van der Waals surface area contributed by atoms with Gasteiger partial charge in [0.15, 0.2) is 0 Å². The standard InChI is InChI=1S/C12H25N3O3/c1-4-15(5-2)12(17)6-7-14-11(16)10-13-8-9-18-3/h13H,4-10H2,1-3H3,(H,14,16). The molecule has 0 radical (unpaired) electrons. The van der Waals surface area contributed by atoms with Crippen molar-refractivity contribution in [1.29, 1.82) is 0 Å². The topological polar surface area (TPSA) is 70.7 Å². The molecule has 0 saturated heterocycles. The number of hydrogen-bond acceptors (Lipinski definition) is 4. The van der Waals surface area contributed by atoms with E-state index in [1.165, 1.54) is 0 Å². The summed E-state index contributed by atoms with van der Waals surface area (Å²) < 4.78 is 4.84. The van der Waals surface area contributed by atoms with Crippen molar-refractivity contribution in [2.45, 2.75) is 20.3 Å². The lowest BCUT2D eigenvalue weighted by Gasteiger charge is -2.18. The maximum Gasteiger partial charge on any atom is 0.233 e. The van der Waals surface area contributed by atoms with E-state index in [1.807, 2.05) is 13.8 Å². The van der Waals surface area contributed by atoms with Crippen LogP contribution in [0.15, 0.2) is 0 Å². The number of ether oxygens (including phenoxy) is 1. The molecule has 6 nitrogen and oxygen atoms in total. The summed E-state index contributed by atoms with van der Waals surface area (Å²) in [5, 5.41) is 5.64. The van der Waals surface area contributed by atoms with Crippen molar-refractivity contribution < 1.29 is 14.3 Å². The van der Waals surface area contributed by atoms with Gasteiger partial charge < -0.3 is 20.3 Å². The van der Waals surface area contributed by atoms with Gasteiger partial charge in [-0.2, -0.15) is 0 Å². The van der Waals surface area contributed by atoms with E-state index in [1.54, 1.807) is 12.0 Å². The fraction of sp³-hybridized carbons (Fsp3) is 0.833. The Balaban J connectivity index is 3.58. The number of methoxy groups -OCH3 is 1. The van der Waals surface area contributed by atoms with E-state index >= 15 is 0 Å². The van der Waals surface area contributed by atoms with Gasteiger partial charge in [0.25, 0.3) is 0 Å². The summed E-state index contributed by atoms with van der Waals surface area (Å²) in [5.74, 6) is -0.0221. The van der Waals surface area contributed by atoms with Gasteiger partial charge in [0.05, 0.1) is 13.2 Å². The van der Waals surface area contributed by atoms with Crippen molar-refractivity contribution in [3.63, 3.8) is 0 Å². The molecule has 0 aliphatic heterocycles. The van der Waals surface area contributed by atoms with Crippen LogP contribution < -0.4 is 10.6 Å². The van der Waals surface area contributed by atoms with Crippen LogP contribution in [0.5, 0.6) is 0 Å². The van der Waals surface area contributed by atoms with Gasteiger partial charge in [-0.25, -0.2) is 0 Å². The lowest BCUT2D eigenvalue weighted by atomic mass is 10.3. The third kappa shape index (κ3) is 8.03. The van der Waals surface area contributed by atoms with Crippen molar-refractivity contribution in [1.82, 2.24) is 15.5 Å². The van der Waals surface area contributed by atoms with Gasteiger partial charge in [0.2, 0.25) is 11.8 Å². The number of hydrogen-bond donors (Lipinski definition) is 2. The molecule has 0 fully saturated rings. The summed E-state index contributed by atoms with van der Waals surface area (Å²) in [5.41, 5.74) is 0. The van der Waals surface area contributed by atoms with Gasteiger partial charge in [-0.15, -0.1) is 0 Å². The Kier molecular flexibility index (Phi) is 10.3. The lowest BCUT2D eigenvalue weighted by molar-refractivity contribution is -0.130. The Bertz CT molecular complexity index is 243. The van der Waals surface area contributed by atoms with Gasteiger partial charge in [-0.1, -0.05) is 0 Å². The van der Waals surface area contributed by atoms with Gasteiger partial charge >= 0.3 is 0 Å². The third-order valence-electron chi connectivity index (χ3n) is 2.55. The van der Waals surface area contributed by atoms with Crippen LogP contribution in [0.4, 0.5) is 0 Å². The molecule has 2 N–H and O–H groups in total. The quantitative estimate of drug-likeness (QED) is 0.524. The summed E-state index contributed by atoms with van der Waals surface area (Å²) in [7, 11) is 1.61. The molecule has 0 aromatic rings. The highest BCUT2D eigenvalue weighted by Crippen LogP contribution is 1.92. The second kappa shape index (κ2) is 11.0. The van der Waals surface area contributed by atoms with E-state index in [0.717, 1.165) is 0 Å². The van der Waals surface area contributed by atoms with Crippen LogP contribution in [-0.2, 0) is 14.3 Å². The first-order valence-electron chi connectivity index (χ1n) is 6.39. The first-order valence-corrected chi connectivity index (χ1v) is 6.39. The van der Waals surface area contributed by atoms with E-state index in [-0.39, 0.29) is 18.4 Å². The summed E-state index contributed by atoms with van der Waals surface area (Å²) in [4.78, 5) is 24.7. The predicted octanol–water partition coefficient (Wildman–Crippen LogP) is -0.403. The minimum atomic E-state index is -0.0987. The zero-order valence-corrected chi connectivity index (χ0v) is 11.6. The molecule has 0 spiro atoms. The van der Waals surface area contributed by atoms with Crippen LogP contribution in [0.3, 0.4) is 0 Å². The van der Waals surface area contributed by atoms with Crippen molar-refractivity contribution in [3.05, 3.63) is 0 Å². The predicted molar refractivity (Wildman–Crippen MR) is 70.3 cm³/mol. The summed E-state index contributed by atoms with van der Waals surface area (Å²) in [6, 6.07) is 0. The largest absolute Gasteiger partial charge is 0.383 e. The molecule has 0 atom stereocenters. The molecular formula is C12H25N3O3. The average Bonchev–Trinajstić information content (AvgIpc) is 2.36. The highest BCUT2D eigenvalue weighted by atomic mass is 16.5. The molecule has 0 saturated carbocycles. The van der Waals surface area contributed by atoms with Crippen LogP contribution in [0.25, 0.3) is 0 Å². The Hall–Kier alpha value is -1.14. The number of amides is 2. The normalized spacial score (nSPS) is 10.2. The molecule has 0 heterocycles. The molecule has 106 valence electrons. The van der Waals surface area contributed by atoms with Gasteiger partial charge in [0, 0.05) is 39.7 Å². The van der Waals surface area contributed by atoms with Crippen molar-refractivity contribution >= 4 is 11.8 Å². The Morgan fingerprint density at radius 2 is 1.83 bits per heavy atom. The van der Waals surface area contributed by atoms with E-state index in [4.69, 9.17) is 4.74 Å². The number of nitrogens with zero attached hydrogens (tertiary/aromatic N) is 1. The van der Waals surface area contributed by atoms with Crippen molar-refractivity contribution in [2.24, 2.45) is 0 Å². The van der Waals surface area contributed by atoms with Crippen LogP contribution in [0.1, 0.15) is 20.3 Å². The highest BCUT2D eigenvalue weighted by Gasteiger charge is 2.09. The van der Waals surface area contributed by atoms with Crippen LogP contribution in [0.2, 0.25) is 0 Å². The summed E-state index contributed by atoms with van der Waals surface area (Å²) in [6.45, 7) is 7.17. The Labute approximate surface area is 109 Å². The first kappa shape index (κ1) is 16.9. The molecule has 2 amide bonds. The van der Waals surface area contributed by atoms with Crippen molar-refractivity contribution in [2.75, 3.05) is 46.4 Å². The molecule has 6 heteroatoms. The molecule has 0 aromatic heterocycles. The Morgan fingerprint density at radius 3 is 2.39 bits per heavy atom. The molecule has 0 rings (SSSR count). The summed E-state index contributed by atoms with van der Waals surface area (Å²) in [6.07, 6.45) is 0.353. The number of carbonyl (C=O) groups excluding carboxylic acids is 2. The fourth-order valence-electron chi connectivity index (χ4n) is 1.48. The number of carbonyl (C=O) groups is 2. The minimum Gasteiger partial charge on any atom is -0.383 e. The van der Waals surface area contributed by atoms with Gasteiger partial charge in [-0.3, -0.25) is 9.59 Å². The molecule has 0 bridgehead atoms. The molecule has 18 heavy (non-hydrogen) atoms. The fourth-order valence-corrected chi connectivity index (χ4v) is 1.48. The monoisotopic (exact) mass is 259 g/mol. The molecule has 0 aliphatic rings.